The quantitative estimate of drug-likeness (QED) is 0.385. The van der Waals surface area contributed by atoms with Crippen molar-refractivity contribution in [3.05, 3.63) is 46.2 Å². The van der Waals surface area contributed by atoms with Gasteiger partial charge in [-0.3, -0.25) is 0 Å². The number of benzene rings is 1. The Morgan fingerprint density at radius 1 is 1.53 bits per heavy atom. The fourth-order valence-corrected chi connectivity index (χ4v) is 1.86. The third-order valence-electron chi connectivity index (χ3n) is 2.41. The number of oxime groups is 1. The highest BCUT2D eigenvalue weighted by atomic mass is 79.9. The normalized spacial score (nSPS) is 11.8. The van der Waals surface area contributed by atoms with Crippen LogP contribution in [0.4, 0.5) is 0 Å². The number of hydrogen-bond donors (Lipinski definition) is 2. The first-order valence-electron chi connectivity index (χ1n) is 4.91. The van der Waals surface area contributed by atoms with Crippen molar-refractivity contribution in [2.75, 3.05) is 0 Å². The van der Waals surface area contributed by atoms with Gasteiger partial charge in [0.15, 0.2) is 5.84 Å². The van der Waals surface area contributed by atoms with Crippen LogP contribution in [-0.2, 0) is 0 Å². The van der Waals surface area contributed by atoms with Gasteiger partial charge in [0.25, 0.3) is 0 Å². The molecule has 0 fully saturated rings. The van der Waals surface area contributed by atoms with Crippen LogP contribution in [0, 0.1) is 6.92 Å². The molecule has 0 aliphatic heterocycles. The van der Waals surface area contributed by atoms with E-state index in [2.05, 4.69) is 26.2 Å². The average molecular weight is 295 g/mol. The van der Waals surface area contributed by atoms with E-state index < -0.39 is 0 Å². The smallest absolute Gasteiger partial charge is 0.170 e. The molecule has 0 radical (unpaired) electrons. The van der Waals surface area contributed by atoms with E-state index >= 15 is 0 Å². The molecule has 0 atom stereocenters. The minimum atomic E-state index is 0.107. The summed E-state index contributed by atoms with van der Waals surface area (Å²) in [6.07, 6.45) is 3.57. The molecule has 1 heterocycles. The van der Waals surface area contributed by atoms with Gasteiger partial charge in [0.05, 0.1) is 16.4 Å². The summed E-state index contributed by atoms with van der Waals surface area (Å²) in [4.78, 5) is 0. The van der Waals surface area contributed by atoms with E-state index in [1.165, 1.54) is 0 Å². The van der Waals surface area contributed by atoms with E-state index in [9.17, 15) is 0 Å². The molecule has 3 N–H and O–H groups in total. The van der Waals surface area contributed by atoms with Gasteiger partial charge in [0.2, 0.25) is 0 Å². The third kappa shape index (κ3) is 2.31. The Morgan fingerprint density at radius 2 is 2.29 bits per heavy atom. The summed E-state index contributed by atoms with van der Waals surface area (Å²) >= 11 is 3.34. The molecule has 0 unspecified atom stereocenters. The number of nitrogens with zero attached hydrogens (tertiary/aromatic N) is 3. The van der Waals surface area contributed by atoms with Crippen molar-refractivity contribution in [2.24, 2.45) is 10.9 Å². The van der Waals surface area contributed by atoms with Crippen molar-refractivity contribution in [3.63, 3.8) is 0 Å². The van der Waals surface area contributed by atoms with Crippen LogP contribution in [0.25, 0.3) is 5.69 Å². The molecular weight excluding hydrogens is 284 g/mol. The number of hydrogen-bond acceptors (Lipinski definition) is 3. The number of aryl methyl sites for hydroxylation is 1. The van der Waals surface area contributed by atoms with Gasteiger partial charge in [-0.1, -0.05) is 5.16 Å². The fraction of sp³-hybridized carbons (Fsp3) is 0.0909. The van der Waals surface area contributed by atoms with Crippen LogP contribution in [0.3, 0.4) is 0 Å². The van der Waals surface area contributed by atoms with Crippen LogP contribution in [0.15, 0.2) is 40.2 Å². The minimum absolute atomic E-state index is 0.107. The molecule has 1 aromatic heterocycles. The Hall–Kier alpha value is -1.82. The lowest BCUT2D eigenvalue weighted by atomic mass is 10.1. The van der Waals surface area contributed by atoms with E-state index in [0.29, 0.717) is 5.56 Å². The molecule has 2 aromatic rings. The van der Waals surface area contributed by atoms with Crippen molar-refractivity contribution < 1.29 is 5.21 Å². The third-order valence-corrected chi connectivity index (χ3v) is 2.82. The van der Waals surface area contributed by atoms with E-state index in [4.69, 9.17) is 10.9 Å². The maximum Gasteiger partial charge on any atom is 0.170 e. The molecule has 0 spiro atoms. The summed E-state index contributed by atoms with van der Waals surface area (Å²) in [5.74, 6) is 0.107. The lowest BCUT2D eigenvalue weighted by Crippen LogP contribution is -2.14. The molecule has 0 saturated heterocycles. The van der Waals surface area contributed by atoms with Gasteiger partial charge in [-0.15, -0.1) is 0 Å². The molecule has 0 bridgehead atoms. The standard InChI is InChI=1S/C11H11BrN4O/c1-7-4-9(16-6-8(12)5-14-16)2-3-10(7)11(13)15-17/h2-6,17H,1H3,(H2,13,15). The SMILES string of the molecule is Cc1cc(-n2cc(Br)cn2)ccc1/C(N)=N/O. The first-order valence-corrected chi connectivity index (χ1v) is 5.70. The Morgan fingerprint density at radius 3 is 2.82 bits per heavy atom. The Bertz CT molecular complexity index is 577. The second-order valence-electron chi connectivity index (χ2n) is 3.59. The van der Waals surface area contributed by atoms with E-state index in [0.717, 1.165) is 15.7 Å². The van der Waals surface area contributed by atoms with Crippen LogP contribution in [0.5, 0.6) is 0 Å². The molecular formula is C11H11BrN4O. The van der Waals surface area contributed by atoms with Crippen molar-refractivity contribution in [3.8, 4) is 5.69 Å². The van der Waals surface area contributed by atoms with Gasteiger partial charge in [-0.25, -0.2) is 4.68 Å². The van der Waals surface area contributed by atoms with Crippen molar-refractivity contribution in [2.45, 2.75) is 6.92 Å². The highest BCUT2D eigenvalue weighted by Crippen LogP contribution is 2.16. The number of rotatable bonds is 2. The predicted octanol–water partition coefficient (Wildman–Crippen LogP) is 2.04. The second kappa shape index (κ2) is 4.58. The summed E-state index contributed by atoms with van der Waals surface area (Å²) in [6, 6.07) is 5.59. The Kier molecular flexibility index (Phi) is 3.14. The highest BCUT2D eigenvalue weighted by molar-refractivity contribution is 9.10. The van der Waals surface area contributed by atoms with Gasteiger partial charge in [0, 0.05) is 11.8 Å². The number of nitrogens with two attached hydrogens (primary N) is 1. The van der Waals surface area contributed by atoms with Crippen LogP contribution in [0.2, 0.25) is 0 Å². The van der Waals surface area contributed by atoms with E-state index in [1.54, 1.807) is 16.9 Å². The van der Waals surface area contributed by atoms with Crippen molar-refractivity contribution >= 4 is 21.8 Å². The van der Waals surface area contributed by atoms with Gasteiger partial charge >= 0.3 is 0 Å². The lowest BCUT2D eigenvalue weighted by molar-refractivity contribution is 0.318. The lowest BCUT2D eigenvalue weighted by Gasteiger charge is -2.07. The van der Waals surface area contributed by atoms with Crippen LogP contribution in [0.1, 0.15) is 11.1 Å². The molecule has 17 heavy (non-hydrogen) atoms. The van der Waals surface area contributed by atoms with Gasteiger partial charge in [-0.05, 0) is 46.6 Å². The zero-order valence-corrected chi connectivity index (χ0v) is 10.7. The molecule has 6 heteroatoms. The molecule has 0 aliphatic carbocycles. The zero-order valence-electron chi connectivity index (χ0n) is 9.13. The topological polar surface area (TPSA) is 76.4 Å². The van der Waals surface area contributed by atoms with E-state index in [1.807, 2.05) is 25.3 Å². The van der Waals surface area contributed by atoms with Crippen LogP contribution in [-0.4, -0.2) is 20.8 Å². The van der Waals surface area contributed by atoms with Gasteiger partial charge in [0.1, 0.15) is 0 Å². The van der Waals surface area contributed by atoms with E-state index in [-0.39, 0.29) is 5.84 Å². The molecule has 0 aliphatic rings. The van der Waals surface area contributed by atoms with Crippen LogP contribution < -0.4 is 5.73 Å². The Labute approximate surface area is 107 Å². The molecule has 5 nitrogen and oxygen atoms in total. The maximum atomic E-state index is 8.64. The summed E-state index contributed by atoms with van der Waals surface area (Å²) in [5.41, 5.74) is 8.11. The van der Waals surface area contributed by atoms with Crippen molar-refractivity contribution in [1.82, 2.24) is 9.78 Å². The monoisotopic (exact) mass is 294 g/mol. The molecule has 1 aromatic carbocycles. The van der Waals surface area contributed by atoms with Gasteiger partial charge in [-0.2, -0.15) is 5.10 Å². The highest BCUT2D eigenvalue weighted by Gasteiger charge is 2.06. The fourth-order valence-electron chi connectivity index (χ4n) is 1.57. The second-order valence-corrected chi connectivity index (χ2v) is 4.50. The van der Waals surface area contributed by atoms with Gasteiger partial charge < -0.3 is 10.9 Å². The summed E-state index contributed by atoms with van der Waals surface area (Å²) in [6.45, 7) is 1.90. The number of amidine groups is 1. The molecule has 2 rings (SSSR count). The maximum absolute atomic E-state index is 8.64. The van der Waals surface area contributed by atoms with Crippen LogP contribution >= 0.6 is 15.9 Å². The van der Waals surface area contributed by atoms with Crippen molar-refractivity contribution in [1.29, 1.82) is 0 Å². The molecule has 0 saturated carbocycles. The molecule has 0 amide bonds. The molecule has 88 valence electrons. The summed E-state index contributed by atoms with van der Waals surface area (Å²) in [7, 11) is 0. The predicted molar refractivity (Wildman–Crippen MR) is 68.5 cm³/mol. The first-order chi connectivity index (χ1) is 8.11. The minimum Gasteiger partial charge on any atom is -0.409 e. The first kappa shape index (κ1) is 11.7. The summed E-state index contributed by atoms with van der Waals surface area (Å²) < 4.78 is 2.66. The average Bonchev–Trinajstić information content (AvgIpc) is 2.75. The summed E-state index contributed by atoms with van der Waals surface area (Å²) in [5, 5.41) is 15.8. The number of aromatic nitrogens is 2. The zero-order chi connectivity index (χ0) is 12.4. The Balaban J connectivity index is 2.44. The number of halogens is 1. The largest absolute Gasteiger partial charge is 0.409 e.